The predicted molar refractivity (Wildman–Crippen MR) is 130 cm³/mol. The second-order valence-corrected chi connectivity index (χ2v) is 8.75. The largest absolute Gasteiger partial charge is 0.378 e. The number of hydrogen-bond acceptors (Lipinski definition) is 5. The summed E-state index contributed by atoms with van der Waals surface area (Å²) in [7, 11) is 6.15. The molecule has 7 heteroatoms. The van der Waals surface area contributed by atoms with E-state index in [4.69, 9.17) is 0 Å². The minimum absolute atomic E-state index is 0.0115. The lowest BCUT2D eigenvalue weighted by atomic mass is 10.0. The smallest absolute Gasteiger partial charge is 0.313 e. The van der Waals surface area contributed by atoms with E-state index in [1.807, 2.05) is 46.1 Å². The molecule has 2 amide bonds. The summed E-state index contributed by atoms with van der Waals surface area (Å²) >= 11 is 0. The van der Waals surface area contributed by atoms with E-state index in [9.17, 15) is 9.59 Å². The molecule has 0 aliphatic carbocycles. The molecule has 1 heterocycles. The summed E-state index contributed by atoms with van der Waals surface area (Å²) in [5.41, 5.74) is 4.96. The van der Waals surface area contributed by atoms with Crippen LogP contribution < -0.4 is 15.5 Å². The van der Waals surface area contributed by atoms with Crippen molar-refractivity contribution in [3.8, 4) is 0 Å². The van der Waals surface area contributed by atoms with E-state index in [1.165, 1.54) is 0 Å². The third-order valence-corrected chi connectivity index (χ3v) is 6.29. The highest BCUT2D eigenvalue weighted by atomic mass is 16.2. The van der Waals surface area contributed by atoms with Crippen LogP contribution in [0.5, 0.6) is 0 Å². The van der Waals surface area contributed by atoms with Crippen molar-refractivity contribution < 1.29 is 9.59 Å². The fourth-order valence-corrected chi connectivity index (χ4v) is 3.92. The van der Waals surface area contributed by atoms with E-state index in [-0.39, 0.29) is 6.04 Å². The number of aryl methyl sites for hydroxylation is 1. The van der Waals surface area contributed by atoms with Gasteiger partial charge < -0.3 is 20.4 Å². The third kappa shape index (κ3) is 5.87. The number of benzene rings is 2. The Morgan fingerprint density at radius 3 is 2.25 bits per heavy atom. The Bertz CT molecular complexity index is 934. The quantitative estimate of drug-likeness (QED) is 0.680. The lowest BCUT2D eigenvalue weighted by molar-refractivity contribution is -0.136. The second kappa shape index (κ2) is 10.6. The van der Waals surface area contributed by atoms with Crippen LogP contribution in [-0.4, -0.2) is 75.5 Å². The van der Waals surface area contributed by atoms with Crippen LogP contribution in [-0.2, 0) is 9.59 Å². The highest BCUT2D eigenvalue weighted by molar-refractivity contribution is 6.39. The first-order chi connectivity index (χ1) is 15.3. The molecule has 0 aromatic heterocycles. The molecule has 2 aromatic carbocycles. The van der Waals surface area contributed by atoms with Gasteiger partial charge in [-0.25, -0.2) is 0 Å². The zero-order valence-corrected chi connectivity index (χ0v) is 19.8. The maximum atomic E-state index is 12.6. The predicted octanol–water partition coefficient (Wildman–Crippen LogP) is 2.41. The van der Waals surface area contributed by atoms with Gasteiger partial charge in [-0.15, -0.1) is 0 Å². The Balaban J connectivity index is 1.69. The molecule has 1 aliphatic heterocycles. The van der Waals surface area contributed by atoms with Crippen molar-refractivity contribution >= 4 is 23.2 Å². The van der Waals surface area contributed by atoms with Crippen molar-refractivity contribution in [2.75, 3.05) is 64.1 Å². The van der Waals surface area contributed by atoms with Crippen LogP contribution in [0.25, 0.3) is 0 Å². The Kier molecular flexibility index (Phi) is 7.88. The number of amides is 2. The summed E-state index contributed by atoms with van der Waals surface area (Å²) in [5, 5.41) is 5.61. The fourth-order valence-electron chi connectivity index (χ4n) is 3.92. The molecule has 1 unspecified atom stereocenters. The fraction of sp³-hybridized carbons (Fsp3) is 0.440. The van der Waals surface area contributed by atoms with Crippen molar-refractivity contribution in [3.05, 3.63) is 59.2 Å². The van der Waals surface area contributed by atoms with Gasteiger partial charge in [0.15, 0.2) is 0 Å². The summed E-state index contributed by atoms with van der Waals surface area (Å²) in [4.78, 5) is 31.9. The zero-order valence-electron chi connectivity index (χ0n) is 19.8. The van der Waals surface area contributed by atoms with Crippen molar-refractivity contribution in [2.24, 2.45) is 0 Å². The van der Waals surface area contributed by atoms with E-state index >= 15 is 0 Å². The Morgan fingerprint density at radius 1 is 0.969 bits per heavy atom. The number of hydrogen-bond donors (Lipinski definition) is 2. The van der Waals surface area contributed by atoms with Crippen molar-refractivity contribution in [2.45, 2.75) is 19.9 Å². The number of likely N-dealkylation sites (N-methyl/N-ethyl adjacent to an activating group) is 1. The van der Waals surface area contributed by atoms with Crippen LogP contribution in [0.2, 0.25) is 0 Å². The molecule has 1 aliphatic rings. The molecule has 32 heavy (non-hydrogen) atoms. The SMILES string of the molecule is Cc1cccc(NC(=O)C(=O)NCC(c2ccc(N(C)C)cc2)N2CCN(C)CC2)c1C. The number of anilines is 2. The maximum absolute atomic E-state index is 12.6. The van der Waals surface area contributed by atoms with Gasteiger partial charge in [0.25, 0.3) is 0 Å². The normalized spacial score (nSPS) is 15.8. The molecule has 7 nitrogen and oxygen atoms in total. The van der Waals surface area contributed by atoms with Crippen LogP contribution >= 0.6 is 0 Å². The van der Waals surface area contributed by atoms with Crippen molar-refractivity contribution in [1.82, 2.24) is 15.1 Å². The molecule has 172 valence electrons. The molecule has 0 saturated carbocycles. The summed E-state index contributed by atoms with van der Waals surface area (Å²) < 4.78 is 0. The van der Waals surface area contributed by atoms with Gasteiger partial charge >= 0.3 is 11.8 Å². The van der Waals surface area contributed by atoms with E-state index < -0.39 is 11.8 Å². The molecule has 0 bridgehead atoms. The van der Waals surface area contributed by atoms with E-state index in [0.717, 1.165) is 48.6 Å². The summed E-state index contributed by atoms with van der Waals surface area (Å²) in [6.07, 6.45) is 0. The average Bonchev–Trinajstić information content (AvgIpc) is 2.78. The first kappa shape index (κ1) is 23.8. The van der Waals surface area contributed by atoms with Gasteiger partial charge in [-0.3, -0.25) is 14.5 Å². The first-order valence-corrected chi connectivity index (χ1v) is 11.1. The van der Waals surface area contributed by atoms with Gasteiger partial charge in [0.2, 0.25) is 0 Å². The van der Waals surface area contributed by atoms with Gasteiger partial charge in [0, 0.05) is 58.2 Å². The summed E-state index contributed by atoms with van der Waals surface area (Å²) in [5.74, 6) is -1.26. The van der Waals surface area contributed by atoms with Gasteiger partial charge in [-0.05, 0) is 55.8 Å². The summed E-state index contributed by atoms with van der Waals surface area (Å²) in [6.45, 7) is 8.09. The van der Waals surface area contributed by atoms with Crippen molar-refractivity contribution in [3.63, 3.8) is 0 Å². The van der Waals surface area contributed by atoms with Gasteiger partial charge in [0.1, 0.15) is 0 Å². The highest BCUT2D eigenvalue weighted by Gasteiger charge is 2.25. The lowest BCUT2D eigenvalue weighted by Crippen LogP contribution is -2.49. The third-order valence-electron chi connectivity index (χ3n) is 6.29. The topological polar surface area (TPSA) is 67.9 Å². The number of carbonyl (C=O) groups excluding carboxylic acids is 2. The van der Waals surface area contributed by atoms with Crippen LogP contribution in [0, 0.1) is 13.8 Å². The summed E-state index contributed by atoms with van der Waals surface area (Å²) in [6, 6.07) is 14.1. The molecule has 0 radical (unpaired) electrons. The van der Waals surface area contributed by atoms with Crippen LogP contribution in [0.1, 0.15) is 22.7 Å². The molecular formula is C25H35N5O2. The van der Waals surface area contributed by atoms with E-state index in [0.29, 0.717) is 12.2 Å². The number of rotatable bonds is 6. The molecule has 1 atom stereocenters. The molecule has 2 aromatic rings. The van der Waals surface area contributed by atoms with Crippen molar-refractivity contribution in [1.29, 1.82) is 0 Å². The average molecular weight is 438 g/mol. The minimum atomic E-state index is -0.640. The number of piperazine rings is 1. The lowest BCUT2D eigenvalue weighted by Gasteiger charge is -2.38. The molecule has 1 fully saturated rings. The molecular weight excluding hydrogens is 402 g/mol. The van der Waals surface area contributed by atoms with Crippen LogP contribution in [0.3, 0.4) is 0 Å². The van der Waals surface area contributed by atoms with Gasteiger partial charge in [-0.2, -0.15) is 0 Å². The van der Waals surface area contributed by atoms with Crippen LogP contribution in [0.15, 0.2) is 42.5 Å². The highest BCUT2D eigenvalue weighted by Crippen LogP contribution is 2.24. The number of nitrogens with zero attached hydrogens (tertiary/aromatic N) is 3. The molecule has 2 N–H and O–H groups in total. The van der Waals surface area contributed by atoms with E-state index in [1.54, 1.807) is 0 Å². The maximum Gasteiger partial charge on any atom is 0.313 e. The molecule has 0 spiro atoms. The minimum Gasteiger partial charge on any atom is -0.378 e. The Hall–Kier alpha value is -2.90. The van der Waals surface area contributed by atoms with Crippen LogP contribution in [0.4, 0.5) is 11.4 Å². The monoisotopic (exact) mass is 437 g/mol. The Labute approximate surface area is 191 Å². The Morgan fingerprint density at radius 2 is 1.62 bits per heavy atom. The van der Waals surface area contributed by atoms with Gasteiger partial charge in [0.05, 0.1) is 6.04 Å². The number of nitrogens with one attached hydrogen (secondary N) is 2. The number of carbonyl (C=O) groups is 2. The molecule has 1 saturated heterocycles. The first-order valence-electron chi connectivity index (χ1n) is 11.1. The van der Waals surface area contributed by atoms with Gasteiger partial charge in [-0.1, -0.05) is 24.3 Å². The zero-order chi connectivity index (χ0) is 23.3. The second-order valence-electron chi connectivity index (χ2n) is 8.75. The van der Waals surface area contributed by atoms with E-state index in [2.05, 4.69) is 56.6 Å². The standard InChI is InChI=1S/C25H35N5O2/c1-18-7-6-8-22(19(18)2)27-25(32)24(31)26-17-23(30-15-13-29(5)14-16-30)20-9-11-21(12-10-20)28(3)4/h6-12,23H,13-17H2,1-5H3,(H,26,31)(H,27,32). The molecule has 3 rings (SSSR count).